The number of rotatable bonds is 6. The van der Waals surface area contributed by atoms with Crippen molar-refractivity contribution in [3.8, 4) is 12.3 Å². The van der Waals surface area contributed by atoms with Crippen LogP contribution in [0.4, 0.5) is 0 Å². The van der Waals surface area contributed by atoms with Crippen molar-refractivity contribution >= 4 is 11.8 Å². The second-order valence-corrected chi connectivity index (χ2v) is 7.61. The molecule has 1 rings (SSSR count). The molecule has 1 unspecified atom stereocenters. The summed E-state index contributed by atoms with van der Waals surface area (Å²) in [5.41, 5.74) is 3.65. The molecule has 0 fully saturated rings. The van der Waals surface area contributed by atoms with Gasteiger partial charge in [-0.3, -0.25) is 4.79 Å². The highest BCUT2D eigenvalue weighted by molar-refractivity contribution is 5.99. The van der Waals surface area contributed by atoms with Gasteiger partial charge in [0.1, 0.15) is 0 Å². The largest absolute Gasteiger partial charge is 0.466 e. The monoisotopic (exact) mass is 366 g/mol. The van der Waals surface area contributed by atoms with Crippen molar-refractivity contribution in [2.45, 2.75) is 47.5 Å². The minimum absolute atomic E-state index is 0.0775. The van der Waals surface area contributed by atoms with E-state index in [1.165, 1.54) is 13.2 Å². The summed E-state index contributed by atoms with van der Waals surface area (Å²) in [5.74, 6) is 2.35. The maximum absolute atomic E-state index is 12.6. The molecule has 0 saturated carbocycles. The molecular weight excluding hydrogens is 336 g/mol. The van der Waals surface area contributed by atoms with Crippen LogP contribution in [-0.2, 0) is 14.3 Å². The van der Waals surface area contributed by atoms with Crippen LogP contribution in [0.3, 0.4) is 0 Å². The van der Waals surface area contributed by atoms with E-state index in [1.54, 1.807) is 0 Å². The molecule has 1 atom stereocenters. The molecule has 0 aromatic rings. The van der Waals surface area contributed by atoms with Gasteiger partial charge in [0.2, 0.25) is 0 Å². The van der Waals surface area contributed by atoms with Crippen LogP contribution in [0.15, 0.2) is 58.7 Å². The van der Waals surface area contributed by atoms with Gasteiger partial charge in [0.05, 0.1) is 7.11 Å². The molecule has 1 aliphatic rings. The molecule has 0 aromatic carbocycles. The fraction of sp³-hybridized carbons (Fsp3) is 0.417. The lowest BCUT2D eigenvalue weighted by Crippen LogP contribution is -2.32. The number of allylic oxidation sites excluding steroid dienone is 9. The highest BCUT2D eigenvalue weighted by Gasteiger charge is 2.37. The topological polar surface area (TPSA) is 43.4 Å². The van der Waals surface area contributed by atoms with Gasteiger partial charge in [0.25, 0.3) is 0 Å². The van der Waals surface area contributed by atoms with Crippen molar-refractivity contribution in [3.05, 3.63) is 58.7 Å². The van der Waals surface area contributed by atoms with Gasteiger partial charge in [-0.25, -0.2) is 4.79 Å². The summed E-state index contributed by atoms with van der Waals surface area (Å²) in [6.07, 6.45) is 17.9. The van der Waals surface area contributed by atoms with Crippen LogP contribution < -0.4 is 0 Å². The normalized spacial score (nSPS) is 21.1. The van der Waals surface area contributed by atoms with E-state index in [1.807, 2.05) is 51.2 Å². The van der Waals surface area contributed by atoms with Gasteiger partial charge in [-0.05, 0) is 49.3 Å². The van der Waals surface area contributed by atoms with Crippen molar-refractivity contribution in [3.63, 3.8) is 0 Å². The van der Waals surface area contributed by atoms with Gasteiger partial charge in [-0.1, -0.05) is 49.8 Å². The van der Waals surface area contributed by atoms with Crippen LogP contribution in [0.5, 0.6) is 0 Å². The van der Waals surface area contributed by atoms with Gasteiger partial charge in [0.15, 0.2) is 5.78 Å². The Morgan fingerprint density at radius 2 is 1.96 bits per heavy atom. The minimum atomic E-state index is -0.368. The predicted octanol–water partition coefficient (Wildman–Crippen LogP) is 5.12. The molecule has 0 spiro atoms. The van der Waals surface area contributed by atoms with E-state index < -0.39 is 0 Å². The van der Waals surface area contributed by atoms with Crippen LogP contribution in [0.1, 0.15) is 47.5 Å². The van der Waals surface area contributed by atoms with Crippen LogP contribution in [0.2, 0.25) is 0 Å². The van der Waals surface area contributed by atoms with Crippen molar-refractivity contribution in [2.75, 3.05) is 7.11 Å². The summed E-state index contributed by atoms with van der Waals surface area (Å²) in [7, 11) is 1.35. The quantitative estimate of drug-likeness (QED) is 0.284. The van der Waals surface area contributed by atoms with Gasteiger partial charge in [-0.2, -0.15) is 0 Å². The number of Topliss-reactive ketones (excluding diaryl/α,β-unsaturated/α-hetero) is 1. The first-order valence-electron chi connectivity index (χ1n) is 9.10. The lowest BCUT2D eigenvalue weighted by molar-refractivity contribution is -0.134. The predicted molar refractivity (Wildman–Crippen MR) is 111 cm³/mol. The minimum Gasteiger partial charge on any atom is -0.466 e. The third kappa shape index (κ3) is 6.57. The Kier molecular flexibility index (Phi) is 8.25. The van der Waals surface area contributed by atoms with Crippen LogP contribution >= 0.6 is 0 Å². The highest BCUT2D eigenvalue weighted by atomic mass is 16.5. The van der Waals surface area contributed by atoms with Crippen LogP contribution in [-0.4, -0.2) is 18.9 Å². The Morgan fingerprint density at radius 1 is 1.30 bits per heavy atom. The van der Waals surface area contributed by atoms with Crippen molar-refractivity contribution < 1.29 is 14.3 Å². The summed E-state index contributed by atoms with van der Waals surface area (Å²) in [6, 6.07) is 0. The van der Waals surface area contributed by atoms with E-state index in [9.17, 15) is 9.59 Å². The molecule has 0 bridgehead atoms. The molecule has 0 radical (unpaired) electrons. The summed E-state index contributed by atoms with van der Waals surface area (Å²) in [4.78, 5) is 23.7. The number of hydrogen-bond acceptors (Lipinski definition) is 3. The molecule has 0 N–H and O–H groups in total. The lowest BCUT2D eigenvalue weighted by atomic mass is 9.67. The fourth-order valence-electron chi connectivity index (χ4n) is 3.34. The number of ether oxygens (including phenoxy) is 1. The number of ketones is 1. The second-order valence-electron chi connectivity index (χ2n) is 7.61. The molecule has 0 amide bonds. The van der Waals surface area contributed by atoms with Gasteiger partial charge in [-0.15, -0.1) is 12.3 Å². The smallest absolute Gasteiger partial charge is 0.330 e. The molecule has 0 heterocycles. The maximum atomic E-state index is 12.6. The number of carbonyl (C=O) groups excluding carboxylic acids is 2. The third-order valence-corrected chi connectivity index (χ3v) is 4.77. The molecule has 0 saturated heterocycles. The second kappa shape index (κ2) is 9.92. The van der Waals surface area contributed by atoms with Crippen molar-refractivity contribution in [1.29, 1.82) is 0 Å². The van der Waals surface area contributed by atoms with E-state index in [0.29, 0.717) is 6.42 Å². The first kappa shape index (κ1) is 22.4. The lowest BCUT2D eigenvalue weighted by Gasteiger charge is -2.36. The number of hydrogen-bond donors (Lipinski definition) is 0. The fourth-order valence-corrected chi connectivity index (χ4v) is 3.34. The molecule has 3 nitrogen and oxygen atoms in total. The van der Waals surface area contributed by atoms with E-state index in [4.69, 9.17) is 6.42 Å². The van der Waals surface area contributed by atoms with Crippen LogP contribution in [0.25, 0.3) is 0 Å². The average Bonchev–Trinajstić information content (AvgIpc) is 2.59. The number of methoxy groups -OCH3 is 1. The number of esters is 1. The Balaban J connectivity index is 2.97. The Hall–Kier alpha value is -2.60. The first-order valence-corrected chi connectivity index (χ1v) is 9.10. The number of carbonyl (C=O) groups is 2. The average molecular weight is 367 g/mol. The molecule has 3 heteroatoms. The molecule has 0 aromatic heterocycles. The summed E-state index contributed by atoms with van der Waals surface area (Å²) in [6.45, 7) is 10.0. The first-order chi connectivity index (χ1) is 12.6. The maximum Gasteiger partial charge on any atom is 0.330 e. The molecule has 27 heavy (non-hydrogen) atoms. The summed E-state index contributed by atoms with van der Waals surface area (Å²) >= 11 is 0. The standard InChI is InChI=1S/C24H30O3/c1-8-10-20-16-24(5,6)21(19(4)23(20)26)14-13-17(2)11-9-12-18(3)15-22(25)27-7/h1,9,11-15,20H,10,16H2,2-7H3. The van der Waals surface area contributed by atoms with E-state index in [-0.39, 0.29) is 23.1 Å². The SMILES string of the molecule is C#CCC1CC(C)(C)C(C=CC(C)=CC=CC(C)=CC(=O)OC)=C(C)C1=O. The van der Waals surface area contributed by atoms with E-state index >= 15 is 0 Å². The molecule has 0 aliphatic heterocycles. The zero-order chi connectivity index (χ0) is 20.6. The Morgan fingerprint density at radius 3 is 2.56 bits per heavy atom. The van der Waals surface area contributed by atoms with E-state index in [0.717, 1.165) is 28.7 Å². The van der Waals surface area contributed by atoms with Gasteiger partial charge < -0.3 is 4.74 Å². The Bertz CT molecular complexity index is 777. The zero-order valence-corrected chi connectivity index (χ0v) is 17.3. The Labute approximate surface area is 163 Å². The molecular formula is C24H30O3. The number of terminal acetylenes is 1. The zero-order valence-electron chi connectivity index (χ0n) is 17.3. The highest BCUT2D eigenvalue weighted by Crippen LogP contribution is 2.43. The molecule has 144 valence electrons. The van der Waals surface area contributed by atoms with Crippen LogP contribution in [0, 0.1) is 23.7 Å². The van der Waals surface area contributed by atoms with Crippen molar-refractivity contribution in [2.24, 2.45) is 11.3 Å². The summed E-state index contributed by atoms with van der Waals surface area (Å²) in [5, 5.41) is 0. The van der Waals surface area contributed by atoms with E-state index in [2.05, 4.69) is 24.5 Å². The van der Waals surface area contributed by atoms with Crippen molar-refractivity contribution in [1.82, 2.24) is 0 Å². The molecule has 1 aliphatic carbocycles. The van der Waals surface area contributed by atoms with Gasteiger partial charge >= 0.3 is 5.97 Å². The summed E-state index contributed by atoms with van der Waals surface area (Å²) < 4.78 is 4.60. The third-order valence-electron chi connectivity index (χ3n) is 4.77. The van der Waals surface area contributed by atoms with Gasteiger partial charge in [0, 0.05) is 18.4 Å².